The van der Waals surface area contributed by atoms with Crippen LogP contribution < -0.4 is 11.1 Å². The summed E-state index contributed by atoms with van der Waals surface area (Å²) >= 11 is 0. The third-order valence-electron chi connectivity index (χ3n) is 3.25. The first-order valence-corrected chi connectivity index (χ1v) is 7.22. The summed E-state index contributed by atoms with van der Waals surface area (Å²) in [6.07, 6.45) is -0.511. The van der Waals surface area contributed by atoms with Crippen molar-refractivity contribution in [2.45, 2.75) is 39.2 Å². The molecule has 0 spiro atoms. The van der Waals surface area contributed by atoms with Gasteiger partial charge in [0.15, 0.2) is 6.10 Å². The van der Waals surface area contributed by atoms with Crippen LogP contribution in [0.15, 0.2) is 30.3 Å². The molecule has 2 atom stereocenters. The molecular weight excluding hydrogens is 284 g/mol. The highest BCUT2D eigenvalue weighted by Crippen LogP contribution is 2.22. The quantitative estimate of drug-likeness (QED) is 0.785. The van der Waals surface area contributed by atoms with Crippen molar-refractivity contribution in [3.05, 3.63) is 35.9 Å². The average Bonchev–Trinajstić information content (AvgIpc) is 2.45. The maximum Gasteiger partial charge on any atom is 0.318 e. The van der Waals surface area contributed by atoms with E-state index in [1.807, 2.05) is 42.6 Å². The van der Waals surface area contributed by atoms with E-state index in [0.29, 0.717) is 6.42 Å². The second-order valence-corrected chi connectivity index (χ2v) is 5.33. The van der Waals surface area contributed by atoms with Crippen LogP contribution in [0.5, 0.6) is 0 Å². The minimum Gasteiger partial charge on any atom is -0.451 e. The van der Waals surface area contributed by atoms with E-state index in [1.54, 1.807) is 13.8 Å². The molecule has 22 heavy (non-hydrogen) atoms. The molecule has 0 unspecified atom stereocenters. The fraction of sp³-hybridized carbons (Fsp3) is 0.438. The smallest absolute Gasteiger partial charge is 0.318 e. The van der Waals surface area contributed by atoms with Gasteiger partial charge in [0, 0.05) is 0 Å². The molecule has 0 aromatic heterocycles. The number of carbonyl (C=O) groups excluding carboxylic acids is 3. The summed E-state index contributed by atoms with van der Waals surface area (Å²) < 4.78 is 5.32. The number of nitrogens with one attached hydrogen (secondary N) is 1. The molecule has 6 nitrogen and oxygen atoms in total. The van der Waals surface area contributed by atoms with E-state index < -0.39 is 29.9 Å². The van der Waals surface area contributed by atoms with Crippen LogP contribution in [0.1, 0.15) is 38.7 Å². The number of ether oxygens (including phenoxy) is 1. The van der Waals surface area contributed by atoms with Crippen LogP contribution in [-0.4, -0.2) is 24.0 Å². The first-order valence-electron chi connectivity index (χ1n) is 7.22. The molecule has 0 radical (unpaired) electrons. The Balaban J connectivity index is 2.86. The van der Waals surface area contributed by atoms with Gasteiger partial charge in [-0.2, -0.15) is 0 Å². The number of amides is 3. The number of primary amides is 1. The molecule has 0 saturated heterocycles. The van der Waals surface area contributed by atoms with Crippen LogP contribution in [0.25, 0.3) is 0 Å². The molecule has 1 aromatic carbocycles. The van der Waals surface area contributed by atoms with Crippen molar-refractivity contribution in [3.8, 4) is 0 Å². The number of hydrogen-bond acceptors (Lipinski definition) is 4. The van der Waals surface area contributed by atoms with E-state index in [0.717, 1.165) is 5.56 Å². The Morgan fingerprint density at radius 3 is 2.23 bits per heavy atom. The van der Waals surface area contributed by atoms with Crippen molar-refractivity contribution in [3.63, 3.8) is 0 Å². The zero-order valence-corrected chi connectivity index (χ0v) is 13.0. The lowest BCUT2D eigenvalue weighted by Gasteiger charge is -2.23. The fourth-order valence-corrected chi connectivity index (χ4v) is 2.12. The Morgan fingerprint density at radius 1 is 1.18 bits per heavy atom. The van der Waals surface area contributed by atoms with E-state index in [9.17, 15) is 14.4 Å². The molecule has 0 aliphatic rings. The summed E-state index contributed by atoms with van der Waals surface area (Å²) in [6.45, 7) is 5.32. The van der Waals surface area contributed by atoms with Gasteiger partial charge in [-0.25, -0.2) is 4.79 Å². The Morgan fingerprint density at radius 2 is 1.77 bits per heavy atom. The van der Waals surface area contributed by atoms with Crippen LogP contribution in [0.2, 0.25) is 0 Å². The topological polar surface area (TPSA) is 98.5 Å². The lowest BCUT2D eigenvalue weighted by molar-refractivity contribution is -0.159. The molecule has 6 heteroatoms. The maximum absolute atomic E-state index is 12.4. The summed E-state index contributed by atoms with van der Waals surface area (Å²) in [5.74, 6) is -1.94. The maximum atomic E-state index is 12.4. The van der Waals surface area contributed by atoms with Gasteiger partial charge in [-0.05, 0) is 17.9 Å². The highest BCUT2D eigenvalue weighted by Gasteiger charge is 2.30. The predicted molar refractivity (Wildman–Crippen MR) is 81.9 cm³/mol. The first-order chi connectivity index (χ1) is 10.4. The van der Waals surface area contributed by atoms with Gasteiger partial charge in [0.25, 0.3) is 5.91 Å². The highest BCUT2D eigenvalue weighted by atomic mass is 16.5. The van der Waals surface area contributed by atoms with Crippen LogP contribution in [0, 0.1) is 5.92 Å². The summed E-state index contributed by atoms with van der Waals surface area (Å²) in [6, 6.07) is 8.24. The lowest BCUT2D eigenvalue weighted by atomic mass is 9.96. The molecule has 1 aromatic rings. The van der Waals surface area contributed by atoms with Crippen molar-refractivity contribution in [2.24, 2.45) is 11.7 Å². The molecular formula is C16H22N2O4. The number of carbonyl (C=O) groups is 3. The molecule has 0 bridgehead atoms. The number of nitrogens with two attached hydrogens (primary N) is 1. The standard InChI is InChI=1S/C16H22N2O4/c1-4-12(11-8-6-5-7-9-11)15(20)22-13(10(2)3)14(19)18-16(17)21/h5-10,12-13H,4H2,1-3H3,(H3,17,18,19,21)/t12-,13+/m1/s1. The molecule has 0 aliphatic carbocycles. The number of esters is 1. The zero-order valence-electron chi connectivity index (χ0n) is 13.0. The minimum atomic E-state index is -1.06. The number of imide groups is 1. The van der Waals surface area contributed by atoms with Gasteiger partial charge in [-0.3, -0.25) is 14.9 Å². The van der Waals surface area contributed by atoms with E-state index >= 15 is 0 Å². The van der Waals surface area contributed by atoms with Gasteiger partial charge in [0.2, 0.25) is 0 Å². The number of rotatable bonds is 6. The summed E-state index contributed by atoms with van der Waals surface area (Å²) in [5, 5.41) is 1.95. The second kappa shape index (κ2) is 8.17. The molecule has 0 heterocycles. The van der Waals surface area contributed by atoms with Crippen LogP contribution in [0.3, 0.4) is 0 Å². The van der Waals surface area contributed by atoms with Crippen molar-refractivity contribution < 1.29 is 19.1 Å². The van der Waals surface area contributed by atoms with Crippen molar-refractivity contribution in [1.29, 1.82) is 0 Å². The largest absolute Gasteiger partial charge is 0.451 e. The van der Waals surface area contributed by atoms with Crippen molar-refractivity contribution >= 4 is 17.9 Å². The highest BCUT2D eigenvalue weighted by molar-refractivity contribution is 5.97. The normalized spacial score (nSPS) is 13.3. The summed E-state index contributed by atoms with van der Waals surface area (Å²) in [4.78, 5) is 35.0. The Labute approximate surface area is 130 Å². The van der Waals surface area contributed by atoms with Gasteiger partial charge in [-0.1, -0.05) is 51.1 Å². The van der Waals surface area contributed by atoms with Gasteiger partial charge in [-0.15, -0.1) is 0 Å². The molecule has 1 rings (SSSR count). The number of benzene rings is 1. The number of urea groups is 1. The Bertz CT molecular complexity index is 528. The zero-order chi connectivity index (χ0) is 16.7. The Kier molecular flexibility index (Phi) is 6.56. The minimum absolute atomic E-state index is 0.281. The summed E-state index contributed by atoms with van der Waals surface area (Å²) in [7, 11) is 0. The molecule has 120 valence electrons. The average molecular weight is 306 g/mol. The van der Waals surface area contributed by atoms with Gasteiger partial charge in [0.1, 0.15) is 0 Å². The summed E-state index contributed by atoms with van der Waals surface area (Å²) in [5.41, 5.74) is 5.75. The SMILES string of the molecule is CC[C@@H](C(=O)O[C@H](C(=O)NC(N)=O)C(C)C)c1ccccc1. The molecule has 3 amide bonds. The van der Waals surface area contributed by atoms with E-state index in [2.05, 4.69) is 0 Å². The van der Waals surface area contributed by atoms with E-state index in [-0.39, 0.29) is 5.92 Å². The lowest BCUT2D eigenvalue weighted by Crippen LogP contribution is -2.46. The van der Waals surface area contributed by atoms with E-state index in [4.69, 9.17) is 10.5 Å². The van der Waals surface area contributed by atoms with Crippen molar-refractivity contribution in [2.75, 3.05) is 0 Å². The monoisotopic (exact) mass is 306 g/mol. The number of hydrogen-bond donors (Lipinski definition) is 2. The first kappa shape index (κ1) is 17.7. The molecule has 0 saturated carbocycles. The third-order valence-corrected chi connectivity index (χ3v) is 3.25. The predicted octanol–water partition coefficient (Wildman–Crippen LogP) is 1.94. The van der Waals surface area contributed by atoms with Gasteiger partial charge in [0.05, 0.1) is 5.92 Å². The van der Waals surface area contributed by atoms with Crippen molar-refractivity contribution in [1.82, 2.24) is 5.32 Å². The van der Waals surface area contributed by atoms with E-state index in [1.165, 1.54) is 0 Å². The Hall–Kier alpha value is -2.37. The second-order valence-electron chi connectivity index (χ2n) is 5.33. The molecule has 0 fully saturated rings. The molecule has 3 N–H and O–H groups in total. The fourth-order valence-electron chi connectivity index (χ4n) is 2.12. The third kappa shape index (κ3) is 4.87. The molecule has 0 aliphatic heterocycles. The van der Waals surface area contributed by atoms with Crippen LogP contribution in [0.4, 0.5) is 4.79 Å². The van der Waals surface area contributed by atoms with Crippen LogP contribution in [-0.2, 0) is 14.3 Å². The van der Waals surface area contributed by atoms with Crippen LogP contribution >= 0.6 is 0 Å². The van der Waals surface area contributed by atoms with Gasteiger partial charge >= 0.3 is 12.0 Å². The van der Waals surface area contributed by atoms with Gasteiger partial charge < -0.3 is 10.5 Å².